The van der Waals surface area contributed by atoms with Crippen molar-refractivity contribution in [3.8, 4) is 0 Å². The van der Waals surface area contributed by atoms with Gasteiger partial charge in [-0.2, -0.15) is 0 Å². The lowest BCUT2D eigenvalue weighted by molar-refractivity contribution is 0.553. The summed E-state index contributed by atoms with van der Waals surface area (Å²) in [6, 6.07) is 9.97. The average molecular weight is 294 g/mol. The van der Waals surface area contributed by atoms with Crippen molar-refractivity contribution < 1.29 is 8.42 Å². The summed E-state index contributed by atoms with van der Waals surface area (Å²) >= 11 is 0. The average Bonchev–Trinajstić information content (AvgIpc) is 2.73. The minimum atomic E-state index is -3.13. The molecule has 0 amide bonds. The Bertz CT molecular complexity index is 709. The van der Waals surface area contributed by atoms with E-state index in [0.29, 0.717) is 13.1 Å². The first kappa shape index (κ1) is 15.1. The van der Waals surface area contributed by atoms with Crippen LogP contribution < -0.4 is 5.73 Å². The van der Waals surface area contributed by atoms with Crippen molar-refractivity contribution in [2.45, 2.75) is 38.6 Å². The molecule has 2 aromatic rings. The molecule has 0 unspecified atom stereocenters. The molecular formula is C15H22N2O2S. The summed E-state index contributed by atoms with van der Waals surface area (Å²) in [5.74, 6) is 0.127. The summed E-state index contributed by atoms with van der Waals surface area (Å²) in [5, 5.41) is 1.10. The number of fused-ring (bicyclic) bond motifs is 1. The lowest BCUT2D eigenvalue weighted by Crippen LogP contribution is -2.32. The van der Waals surface area contributed by atoms with E-state index in [0.717, 1.165) is 16.6 Å². The summed E-state index contributed by atoms with van der Waals surface area (Å²) in [6.07, 6.45) is 0. The number of para-hydroxylation sites is 1. The number of hydrogen-bond donors (Lipinski definition) is 1. The maximum atomic E-state index is 12.2. The molecule has 0 spiro atoms. The van der Waals surface area contributed by atoms with Gasteiger partial charge in [-0.3, -0.25) is 0 Å². The molecule has 1 aromatic heterocycles. The number of hydrogen-bond acceptors (Lipinski definition) is 3. The number of nitrogens with two attached hydrogens (primary N) is 1. The van der Waals surface area contributed by atoms with Crippen molar-refractivity contribution in [1.29, 1.82) is 0 Å². The van der Waals surface area contributed by atoms with Gasteiger partial charge in [-0.15, -0.1) is 0 Å². The number of nitrogens with zero attached hydrogens (tertiary/aromatic N) is 1. The Morgan fingerprint density at radius 3 is 2.45 bits per heavy atom. The third-order valence-electron chi connectivity index (χ3n) is 3.62. The Hall–Kier alpha value is -1.33. The Balaban J connectivity index is 2.35. The third-order valence-corrected chi connectivity index (χ3v) is 6.21. The predicted octanol–water partition coefficient (Wildman–Crippen LogP) is 2.31. The van der Waals surface area contributed by atoms with Gasteiger partial charge in [-0.25, -0.2) is 8.42 Å². The molecule has 0 fully saturated rings. The molecule has 20 heavy (non-hydrogen) atoms. The lowest BCUT2D eigenvalue weighted by atomic mass is 10.2. The molecule has 0 aliphatic rings. The second kappa shape index (κ2) is 5.22. The maximum absolute atomic E-state index is 12.2. The lowest BCUT2D eigenvalue weighted by Gasteiger charge is -2.20. The molecule has 5 heteroatoms. The van der Waals surface area contributed by atoms with Crippen LogP contribution in [0.15, 0.2) is 30.3 Å². The zero-order valence-corrected chi connectivity index (χ0v) is 13.1. The molecule has 0 aliphatic heterocycles. The number of benzene rings is 1. The van der Waals surface area contributed by atoms with Gasteiger partial charge in [0.2, 0.25) is 0 Å². The van der Waals surface area contributed by atoms with E-state index in [4.69, 9.17) is 5.73 Å². The van der Waals surface area contributed by atoms with Crippen molar-refractivity contribution in [3.63, 3.8) is 0 Å². The summed E-state index contributed by atoms with van der Waals surface area (Å²) in [6.45, 7) is 6.06. The van der Waals surface area contributed by atoms with E-state index in [1.807, 2.05) is 34.9 Å². The highest BCUT2D eigenvalue weighted by Crippen LogP contribution is 2.21. The van der Waals surface area contributed by atoms with Crippen LogP contribution in [0.5, 0.6) is 0 Å². The highest BCUT2D eigenvalue weighted by atomic mass is 32.2. The van der Waals surface area contributed by atoms with Crippen molar-refractivity contribution in [1.82, 2.24) is 4.57 Å². The number of aryl methyl sites for hydroxylation is 1. The Labute approximate surface area is 120 Å². The fourth-order valence-electron chi connectivity index (χ4n) is 2.22. The van der Waals surface area contributed by atoms with Crippen LogP contribution in [-0.4, -0.2) is 23.5 Å². The highest BCUT2D eigenvalue weighted by Gasteiger charge is 2.28. The third kappa shape index (κ3) is 2.74. The molecule has 1 heterocycles. The van der Waals surface area contributed by atoms with Crippen LogP contribution in [0.1, 0.15) is 26.5 Å². The fraction of sp³-hybridized carbons (Fsp3) is 0.467. The van der Waals surface area contributed by atoms with Crippen molar-refractivity contribution in [3.05, 3.63) is 36.0 Å². The smallest absolute Gasteiger partial charge is 0.156 e. The quantitative estimate of drug-likeness (QED) is 0.941. The number of sulfone groups is 1. The number of aromatic nitrogens is 1. The van der Waals surface area contributed by atoms with Crippen molar-refractivity contribution in [2.24, 2.45) is 5.73 Å². The van der Waals surface area contributed by atoms with E-state index < -0.39 is 14.6 Å². The normalized spacial score (nSPS) is 13.0. The Kier molecular flexibility index (Phi) is 3.93. The van der Waals surface area contributed by atoms with Gasteiger partial charge >= 0.3 is 0 Å². The molecule has 0 saturated heterocycles. The summed E-state index contributed by atoms with van der Waals surface area (Å²) in [7, 11) is -3.13. The minimum absolute atomic E-state index is 0.127. The second-order valence-electron chi connectivity index (χ2n) is 5.98. The van der Waals surface area contributed by atoms with Crippen molar-refractivity contribution in [2.75, 3.05) is 5.75 Å². The largest absolute Gasteiger partial charge is 0.342 e. The van der Waals surface area contributed by atoms with Gasteiger partial charge in [0.1, 0.15) is 0 Å². The molecule has 4 nitrogen and oxygen atoms in total. The molecule has 0 bridgehead atoms. The van der Waals surface area contributed by atoms with Gasteiger partial charge in [0.25, 0.3) is 0 Å². The van der Waals surface area contributed by atoms with E-state index in [1.165, 1.54) is 0 Å². The first-order chi connectivity index (χ1) is 9.26. The first-order valence-electron chi connectivity index (χ1n) is 6.76. The van der Waals surface area contributed by atoms with Crippen LogP contribution in [0.25, 0.3) is 10.9 Å². The SMILES string of the molecule is CC(C)(C)S(=O)(=O)CCn1c(CN)cc2ccccc21. The summed E-state index contributed by atoms with van der Waals surface area (Å²) < 4.78 is 25.8. The van der Waals surface area contributed by atoms with Gasteiger partial charge in [0.05, 0.1) is 10.5 Å². The molecule has 0 saturated carbocycles. The molecular weight excluding hydrogens is 272 g/mol. The Morgan fingerprint density at radius 1 is 1.20 bits per heavy atom. The molecule has 0 radical (unpaired) electrons. The molecule has 0 atom stereocenters. The van der Waals surface area contributed by atoms with E-state index in [2.05, 4.69) is 0 Å². The Morgan fingerprint density at radius 2 is 1.85 bits per heavy atom. The topological polar surface area (TPSA) is 65.1 Å². The van der Waals surface area contributed by atoms with E-state index in [-0.39, 0.29) is 5.75 Å². The standard InChI is InChI=1S/C15H22N2O2S/c1-15(2,3)20(18,19)9-8-17-13(11-16)10-12-6-4-5-7-14(12)17/h4-7,10H,8-9,11,16H2,1-3H3. The van der Waals surface area contributed by atoms with Gasteiger partial charge in [0.15, 0.2) is 9.84 Å². The highest BCUT2D eigenvalue weighted by molar-refractivity contribution is 7.92. The van der Waals surface area contributed by atoms with E-state index in [1.54, 1.807) is 20.8 Å². The van der Waals surface area contributed by atoms with Gasteiger partial charge in [-0.1, -0.05) is 18.2 Å². The fourth-order valence-corrected chi connectivity index (χ4v) is 3.25. The zero-order valence-electron chi connectivity index (χ0n) is 12.3. The van der Waals surface area contributed by atoms with Crippen LogP contribution in [-0.2, 0) is 22.9 Å². The van der Waals surface area contributed by atoms with Crippen LogP contribution in [0, 0.1) is 0 Å². The van der Waals surface area contributed by atoms with Crippen molar-refractivity contribution >= 4 is 20.7 Å². The molecule has 2 rings (SSSR count). The van der Waals surface area contributed by atoms with Gasteiger partial charge in [0, 0.05) is 24.3 Å². The van der Waals surface area contributed by atoms with Crippen LogP contribution in [0.2, 0.25) is 0 Å². The number of rotatable bonds is 4. The molecule has 110 valence electrons. The summed E-state index contributed by atoms with van der Waals surface area (Å²) in [4.78, 5) is 0. The van der Waals surface area contributed by atoms with Crippen LogP contribution in [0.3, 0.4) is 0 Å². The molecule has 2 N–H and O–H groups in total. The zero-order chi connectivity index (χ0) is 15.0. The van der Waals surface area contributed by atoms with E-state index >= 15 is 0 Å². The monoisotopic (exact) mass is 294 g/mol. The minimum Gasteiger partial charge on any atom is -0.342 e. The van der Waals surface area contributed by atoms with Gasteiger partial charge < -0.3 is 10.3 Å². The van der Waals surface area contributed by atoms with Gasteiger partial charge in [-0.05, 0) is 38.3 Å². The van der Waals surface area contributed by atoms with E-state index in [9.17, 15) is 8.42 Å². The van der Waals surface area contributed by atoms with Crippen LogP contribution >= 0.6 is 0 Å². The van der Waals surface area contributed by atoms with Crippen LogP contribution in [0.4, 0.5) is 0 Å². The summed E-state index contributed by atoms with van der Waals surface area (Å²) in [5.41, 5.74) is 7.78. The molecule has 1 aromatic carbocycles. The molecule has 0 aliphatic carbocycles. The maximum Gasteiger partial charge on any atom is 0.156 e. The first-order valence-corrected chi connectivity index (χ1v) is 8.41. The predicted molar refractivity (Wildman–Crippen MR) is 83.4 cm³/mol. The second-order valence-corrected chi connectivity index (χ2v) is 8.84.